The number of hydrogen-bond donors (Lipinski definition) is 1. The van der Waals surface area contributed by atoms with E-state index in [4.69, 9.17) is 4.74 Å². The highest BCUT2D eigenvalue weighted by Crippen LogP contribution is 2.46. The van der Waals surface area contributed by atoms with Crippen LogP contribution in [-0.2, 0) is 19.9 Å². The van der Waals surface area contributed by atoms with Crippen LogP contribution in [0, 0.1) is 0 Å². The Labute approximate surface area is 222 Å². The lowest BCUT2D eigenvalue weighted by molar-refractivity contribution is -0.160. The second-order valence-electron chi connectivity index (χ2n) is 9.70. The number of amides is 1. The van der Waals surface area contributed by atoms with Gasteiger partial charge in [-0.05, 0) is 42.4 Å². The Morgan fingerprint density at radius 3 is 2.47 bits per heavy atom. The van der Waals surface area contributed by atoms with Gasteiger partial charge >= 0.3 is 5.97 Å². The molecule has 2 aromatic carbocycles. The topological polar surface area (TPSA) is 66.8 Å². The first kappa shape index (κ1) is 26.7. The van der Waals surface area contributed by atoms with Gasteiger partial charge in [0.05, 0.1) is 6.42 Å². The molecule has 1 N–H and O–H groups in total. The Bertz CT molecular complexity index is 1100. The van der Waals surface area contributed by atoms with Crippen molar-refractivity contribution in [3.05, 3.63) is 76.4 Å². The van der Waals surface area contributed by atoms with Crippen LogP contribution in [0.5, 0.6) is 0 Å². The molecule has 1 saturated heterocycles. The normalized spacial score (nSPS) is 20.5. The van der Waals surface area contributed by atoms with Gasteiger partial charge < -0.3 is 14.7 Å². The summed E-state index contributed by atoms with van der Waals surface area (Å²) in [6.07, 6.45) is 2.73. The molecule has 2 heterocycles. The Morgan fingerprint density at radius 1 is 1.08 bits per heavy atom. The second kappa shape index (κ2) is 12.2. The highest BCUT2D eigenvalue weighted by Gasteiger charge is 2.43. The molecule has 0 bridgehead atoms. The van der Waals surface area contributed by atoms with Gasteiger partial charge in [-0.2, -0.15) is 11.8 Å². The van der Waals surface area contributed by atoms with Crippen LogP contribution in [0.15, 0.2) is 70.2 Å². The first-order valence-corrected chi connectivity index (χ1v) is 14.7. The predicted molar refractivity (Wildman–Crippen MR) is 147 cm³/mol. The Morgan fingerprint density at radius 2 is 1.78 bits per heavy atom. The quantitative estimate of drug-likeness (QED) is 0.292. The number of thioether (sulfide) groups is 2. The van der Waals surface area contributed by atoms with Crippen LogP contribution in [0.25, 0.3) is 0 Å². The molecule has 0 aromatic heterocycles. The van der Waals surface area contributed by atoms with E-state index >= 15 is 0 Å². The van der Waals surface area contributed by atoms with E-state index < -0.39 is 11.6 Å². The summed E-state index contributed by atoms with van der Waals surface area (Å²) in [6.45, 7) is 5.88. The molecule has 0 radical (unpaired) electrons. The zero-order valence-corrected chi connectivity index (χ0v) is 22.7. The molecule has 5 nitrogen and oxygen atoms in total. The van der Waals surface area contributed by atoms with Gasteiger partial charge in [-0.25, -0.2) is 4.79 Å². The summed E-state index contributed by atoms with van der Waals surface area (Å²) in [5, 5.41) is 11.1. The van der Waals surface area contributed by atoms with Crippen molar-refractivity contribution in [3.63, 3.8) is 0 Å². The summed E-state index contributed by atoms with van der Waals surface area (Å²) in [6, 6.07) is 17.6. The van der Waals surface area contributed by atoms with Gasteiger partial charge in [0.15, 0.2) is 0 Å². The minimum atomic E-state index is -0.936. The number of cyclic esters (lactones) is 1. The molecule has 0 aliphatic carbocycles. The van der Waals surface area contributed by atoms with E-state index in [0.29, 0.717) is 18.8 Å². The first-order valence-electron chi connectivity index (χ1n) is 12.7. The molecule has 36 heavy (non-hydrogen) atoms. The molecular weight excluding hydrogens is 490 g/mol. The third kappa shape index (κ3) is 6.30. The maximum absolute atomic E-state index is 13.3. The average molecular weight is 526 g/mol. The standard InChI is InChI=1S/C29H35NO4S2/c1-21(2)23-12-6-7-13-25(23)36-27-24(31)20-29(34-28(27)33,22-10-4-3-5-11-22)15-9-8-14-26(32)30-16-18-35-19-17-30/h3-7,10-13,21,31H,8-9,14-20H2,1-2H3. The molecule has 2 aliphatic heterocycles. The largest absolute Gasteiger partial charge is 0.511 e. The molecule has 1 fully saturated rings. The summed E-state index contributed by atoms with van der Waals surface area (Å²) in [4.78, 5) is 29.0. The highest BCUT2D eigenvalue weighted by molar-refractivity contribution is 8.04. The van der Waals surface area contributed by atoms with Gasteiger partial charge in [0.25, 0.3) is 0 Å². The van der Waals surface area contributed by atoms with Crippen LogP contribution in [0.1, 0.15) is 63.0 Å². The molecule has 2 aliphatic rings. The molecule has 192 valence electrons. The number of rotatable bonds is 9. The number of nitrogens with zero attached hydrogens (tertiary/aromatic N) is 1. The van der Waals surface area contributed by atoms with E-state index in [1.807, 2.05) is 65.2 Å². The number of benzene rings is 2. The van der Waals surface area contributed by atoms with Gasteiger partial charge in [0.2, 0.25) is 5.91 Å². The maximum Gasteiger partial charge on any atom is 0.349 e. The summed E-state index contributed by atoms with van der Waals surface area (Å²) >= 11 is 3.17. The number of esters is 1. The predicted octanol–water partition coefficient (Wildman–Crippen LogP) is 6.65. The second-order valence-corrected chi connectivity index (χ2v) is 12.0. The summed E-state index contributed by atoms with van der Waals surface area (Å²) in [7, 11) is 0. The van der Waals surface area contributed by atoms with Crippen molar-refractivity contribution in [3.8, 4) is 0 Å². The minimum Gasteiger partial charge on any atom is -0.511 e. The van der Waals surface area contributed by atoms with Crippen LogP contribution in [-0.4, -0.2) is 46.5 Å². The van der Waals surface area contributed by atoms with E-state index in [9.17, 15) is 14.7 Å². The third-order valence-electron chi connectivity index (χ3n) is 6.83. The van der Waals surface area contributed by atoms with Gasteiger partial charge in [-0.15, -0.1) is 0 Å². The van der Waals surface area contributed by atoms with Crippen molar-refractivity contribution in [2.75, 3.05) is 24.6 Å². The molecule has 0 spiro atoms. The Hall–Kier alpha value is -2.38. The molecule has 1 unspecified atom stereocenters. The van der Waals surface area contributed by atoms with Crippen molar-refractivity contribution in [1.29, 1.82) is 0 Å². The lowest BCUT2D eigenvalue weighted by Gasteiger charge is -2.37. The number of unbranched alkanes of at least 4 members (excludes halogenated alkanes) is 1. The summed E-state index contributed by atoms with van der Waals surface area (Å²) in [5.74, 6) is 2.09. The van der Waals surface area contributed by atoms with Crippen molar-refractivity contribution < 1.29 is 19.4 Å². The van der Waals surface area contributed by atoms with Crippen LogP contribution < -0.4 is 0 Å². The third-order valence-corrected chi connectivity index (χ3v) is 8.97. The number of carbonyl (C=O) groups excluding carboxylic acids is 2. The molecule has 1 atom stereocenters. The van der Waals surface area contributed by atoms with Crippen molar-refractivity contribution >= 4 is 35.4 Å². The van der Waals surface area contributed by atoms with Crippen molar-refractivity contribution in [2.24, 2.45) is 0 Å². The fourth-order valence-corrected chi connectivity index (χ4v) is 6.84. The molecule has 7 heteroatoms. The Balaban J connectivity index is 1.49. The number of aliphatic hydroxyl groups is 1. The van der Waals surface area contributed by atoms with Gasteiger partial charge in [-0.3, -0.25) is 4.79 Å². The highest BCUT2D eigenvalue weighted by atomic mass is 32.2. The van der Waals surface area contributed by atoms with E-state index in [2.05, 4.69) is 19.9 Å². The lowest BCUT2D eigenvalue weighted by atomic mass is 9.83. The summed E-state index contributed by atoms with van der Waals surface area (Å²) < 4.78 is 6.16. The number of ether oxygens (including phenoxy) is 1. The van der Waals surface area contributed by atoms with E-state index in [0.717, 1.165) is 53.5 Å². The van der Waals surface area contributed by atoms with E-state index in [1.165, 1.54) is 11.8 Å². The van der Waals surface area contributed by atoms with Crippen LogP contribution in [0.4, 0.5) is 0 Å². The van der Waals surface area contributed by atoms with Gasteiger partial charge in [0, 0.05) is 35.9 Å². The average Bonchev–Trinajstić information content (AvgIpc) is 2.90. The van der Waals surface area contributed by atoms with Gasteiger partial charge in [0.1, 0.15) is 16.3 Å². The van der Waals surface area contributed by atoms with Gasteiger partial charge in [-0.1, -0.05) is 74.1 Å². The summed E-state index contributed by atoms with van der Waals surface area (Å²) in [5.41, 5.74) is 1.07. The maximum atomic E-state index is 13.3. The SMILES string of the molecule is CC(C)c1ccccc1SC1=C(O)CC(CCCCC(=O)N2CCSCC2)(c2ccccc2)OC1=O. The smallest absolute Gasteiger partial charge is 0.349 e. The number of carbonyl (C=O) groups is 2. The number of aliphatic hydroxyl groups excluding tert-OH is 1. The molecule has 1 amide bonds. The molecule has 2 aromatic rings. The minimum absolute atomic E-state index is 0.0700. The van der Waals surface area contributed by atoms with E-state index in [-0.39, 0.29) is 23.0 Å². The lowest BCUT2D eigenvalue weighted by Crippen LogP contribution is -2.38. The first-order chi connectivity index (χ1) is 17.4. The monoisotopic (exact) mass is 525 g/mol. The molecule has 4 rings (SSSR count). The van der Waals surface area contributed by atoms with Crippen LogP contribution in [0.2, 0.25) is 0 Å². The molecule has 0 saturated carbocycles. The van der Waals surface area contributed by atoms with Crippen LogP contribution >= 0.6 is 23.5 Å². The fraction of sp³-hybridized carbons (Fsp3) is 0.448. The van der Waals surface area contributed by atoms with E-state index in [1.54, 1.807) is 0 Å². The van der Waals surface area contributed by atoms with Crippen molar-refractivity contribution in [1.82, 2.24) is 4.90 Å². The Kier molecular flexibility index (Phi) is 9.07. The zero-order valence-electron chi connectivity index (χ0n) is 21.1. The molecular formula is C29H35NO4S2. The number of hydrogen-bond acceptors (Lipinski definition) is 6. The zero-order chi connectivity index (χ0) is 25.5. The van der Waals surface area contributed by atoms with Crippen LogP contribution in [0.3, 0.4) is 0 Å². The van der Waals surface area contributed by atoms with Crippen molar-refractivity contribution in [2.45, 2.75) is 62.4 Å². The fourth-order valence-electron chi connectivity index (χ4n) is 4.83.